The van der Waals surface area contributed by atoms with Crippen molar-refractivity contribution in [3.8, 4) is 0 Å². The Labute approximate surface area is 92.5 Å². The molecule has 1 aliphatic heterocycles. The van der Waals surface area contributed by atoms with Gasteiger partial charge in [-0.1, -0.05) is 17.7 Å². The zero-order valence-electron chi connectivity index (χ0n) is 10.6. The van der Waals surface area contributed by atoms with Crippen molar-refractivity contribution >= 4 is 0 Å². The predicted octanol–water partition coefficient (Wildman–Crippen LogP) is 3.80. The van der Waals surface area contributed by atoms with Gasteiger partial charge in [-0.15, -0.1) is 0 Å². The molecule has 0 saturated heterocycles. The van der Waals surface area contributed by atoms with Gasteiger partial charge in [0.2, 0.25) is 0 Å². The standard InChI is InChI=1S/C14H20O/c1-9-7-11-10(2)12(8-9)14(5,6)15-13(11,3)4/h7-8H,1-6H3. The fraction of sp³-hybridized carbons (Fsp3) is 0.571. The molecule has 2 bridgehead atoms. The summed E-state index contributed by atoms with van der Waals surface area (Å²) in [6.45, 7) is 13.0. The van der Waals surface area contributed by atoms with Gasteiger partial charge in [0.15, 0.2) is 0 Å². The van der Waals surface area contributed by atoms with E-state index < -0.39 is 0 Å². The second-order valence-corrected chi connectivity index (χ2v) is 5.61. The molecule has 15 heavy (non-hydrogen) atoms. The Morgan fingerprint density at radius 2 is 1.27 bits per heavy atom. The lowest BCUT2D eigenvalue weighted by molar-refractivity contribution is -0.140. The molecule has 0 spiro atoms. The van der Waals surface area contributed by atoms with E-state index in [2.05, 4.69) is 53.7 Å². The molecule has 0 aliphatic carbocycles. The Hall–Kier alpha value is -0.820. The summed E-state index contributed by atoms with van der Waals surface area (Å²) in [6, 6.07) is 4.49. The second-order valence-electron chi connectivity index (χ2n) is 5.61. The largest absolute Gasteiger partial charge is 0.360 e. The fourth-order valence-electron chi connectivity index (χ4n) is 2.86. The van der Waals surface area contributed by atoms with Crippen molar-refractivity contribution in [2.24, 2.45) is 0 Å². The summed E-state index contributed by atoms with van der Waals surface area (Å²) in [5, 5.41) is 0. The highest BCUT2D eigenvalue weighted by atomic mass is 16.5. The van der Waals surface area contributed by atoms with Crippen LogP contribution in [0.1, 0.15) is 49.9 Å². The van der Waals surface area contributed by atoms with Crippen molar-refractivity contribution in [2.45, 2.75) is 52.7 Å². The van der Waals surface area contributed by atoms with Gasteiger partial charge in [-0.2, -0.15) is 0 Å². The van der Waals surface area contributed by atoms with Crippen molar-refractivity contribution in [2.75, 3.05) is 0 Å². The summed E-state index contributed by atoms with van der Waals surface area (Å²) in [5.41, 5.74) is 5.03. The zero-order valence-corrected chi connectivity index (χ0v) is 10.6. The van der Waals surface area contributed by atoms with Crippen molar-refractivity contribution in [1.29, 1.82) is 0 Å². The molecule has 0 amide bonds. The second kappa shape index (κ2) is 2.85. The van der Waals surface area contributed by atoms with E-state index in [4.69, 9.17) is 4.74 Å². The van der Waals surface area contributed by atoms with Gasteiger partial charge in [0, 0.05) is 0 Å². The highest BCUT2D eigenvalue weighted by molar-refractivity contribution is 5.45. The molecule has 0 radical (unpaired) electrons. The summed E-state index contributed by atoms with van der Waals surface area (Å²) < 4.78 is 6.18. The normalized spacial score (nSPS) is 21.5. The van der Waals surface area contributed by atoms with E-state index in [9.17, 15) is 0 Å². The molecule has 1 aromatic rings. The molecule has 1 nitrogen and oxygen atoms in total. The molecule has 0 atom stereocenters. The van der Waals surface area contributed by atoms with E-state index in [0.29, 0.717) is 0 Å². The zero-order chi connectivity index (χ0) is 11.4. The molecular formula is C14H20O. The van der Waals surface area contributed by atoms with Crippen LogP contribution in [0.5, 0.6) is 0 Å². The van der Waals surface area contributed by atoms with Gasteiger partial charge in [0.25, 0.3) is 0 Å². The third-order valence-electron chi connectivity index (χ3n) is 3.36. The molecule has 0 unspecified atom stereocenters. The van der Waals surface area contributed by atoms with Crippen LogP contribution >= 0.6 is 0 Å². The van der Waals surface area contributed by atoms with Crippen LogP contribution in [0.4, 0.5) is 0 Å². The van der Waals surface area contributed by atoms with Crippen LogP contribution in [-0.4, -0.2) is 0 Å². The molecule has 1 aromatic carbocycles. The van der Waals surface area contributed by atoms with Gasteiger partial charge >= 0.3 is 0 Å². The lowest BCUT2D eigenvalue weighted by Crippen LogP contribution is -2.39. The van der Waals surface area contributed by atoms with E-state index in [1.165, 1.54) is 22.3 Å². The van der Waals surface area contributed by atoms with E-state index >= 15 is 0 Å². The summed E-state index contributed by atoms with van der Waals surface area (Å²) in [6.07, 6.45) is 0. The van der Waals surface area contributed by atoms with Crippen LogP contribution in [0.25, 0.3) is 0 Å². The number of rotatable bonds is 0. The summed E-state index contributed by atoms with van der Waals surface area (Å²) >= 11 is 0. The van der Waals surface area contributed by atoms with Gasteiger partial charge < -0.3 is 4.74 Å². The Morgan fingerprint density at radius 3 is 1.67 bits per heavy atom. The fourth-order valence-corrected chi connectivity index (χ4v) is 2.86. The van der Waals surface area contributed by atoms with Crippen LogP contribution in [0.3, 0.4) is 0 Å². The van der Waals surface area contributed by atoms with Crippen LogP contribution in [0.2, 0.25) is 0 Å². The SMILES string of the molecule is Cc1cc2c(C)c(c1)C(C)(C)OC2(C)C. The van der Waals surface area contributed by atoms with Crippen molar-refractivity contribution in [1.82, 2.24) is 0 Å². The first-order chi connectivity index (χ1) is 6.74. The van der Waals surface area contributed by atoms with E-state index in [1.54, 1.807) is 0 Å². The Balaban J connectivity index is 2.78. The first-order valence-electron chi connectivity index (χ1n) is 5.56. The van der Waals surface area contributed by atoms with E-state index in [-0.39, 0.29) is 11.2 Å². The first-order valence-corrected chi connectivity index (χ1v) is 5.56. The average Bonchev–Trinajstić information content (AvgIpc) is 2.04. The number of ether oxygens (including phenoxy) is 1. The minimum Gasteiger partial charge on any atom is -0.360 e. The quantitative estimate of drug-likeness (QED) is 0.624. The third-order valence-corrected chi connectivity index (χ3v) is 3.36. The Kier molecular flexibility index (Phi) is 2.03. The molecule has 1 heteroatoms. The number of fused-ring (bicyclic) bond motifs is 2. The molecule has 1 heterocycles. The summed E-state index contributed by atoms with van der Waals surface area (Å²) in [7, 11) is 0. The maximum Gasteiger partial charge on any atom is 0.0889 e. The number of aryl methyl sites for hydroxylation is 1. The minimum atomic E-state index is -0.174. The highest BCUT2D eigenvalue weighted by Gasteiger charge is 2.39. The minimum absolute atomic E-state index is 0.174. The number of hydrogen-bond acceptors (Lipinski definition) is 1. The number of hydrogen-bond donors (Lipinski definition) is 0. The highest BCUT2D eigenvalue weighted by Crippen LogP contribution is 2.44. The number of benzene rings is 1. The van der Waals surface area contributed by atoms with Crippen molar-refractivity contribution in [3.63, 3.8) is 0 Å². The molecule has 1 aliphatic rings. The van der Waals surface area contributed by atoms with Crippen molar-refractivity contribution < 1.29 is 4.74 Å². The van der Waals surface area contributed by atoms with Crippen LogP contribution < -0.4 is 0 Å². The van der Waals surface area contributed by atoms with Gasteiger partial charge in [-0.25, -0.2) is 0 Å². The van der Waals surface area contributed by atoms with Crippen LogP contribution in [-0.2, 0) is 15.9 Å². The maximum absolute atomic E-state index is 6.18. The third kappa shape index (κ3) is 1.50. The Morgan fingerprint density at radius 1 is 0.867 bits per heavy atom. The molecule has 82 valence electrons. The lowest BCUT2D eigenvalue weighted by Gasteiger charge is -2.44. The van der Waals surface area contributed by atoms with E-state index in [0.717, 1.165) is 0 Å². The van der Waals surface area contributed by atoms with Crippen molar-refractivity contribution in [3.05, 3.63) is 34.4 Å². The maximum atomic E-state index is 6.18. The molecule has 0 aromatic heterocycles. The molecular weight excluding hydrogens is 184 g/mol. The van der Waals surface area contributed by atoms with Gasteiger partial charge in [-0.3, -0.25) is 0 Å². The van der Waals surface area contributed by atoms with Crippen LogP contribution in [0, 0.1) is 13.8 Å². The van der Waals surface area contributed by atoms with Gasteiger partial charge in [-0.05, 0) is 58.2 Å². The van der Waals surface area contributed by atoms with Gasteiger partial charge in [0.1, 0.15) is 0 Å². The molecule has 0 saturated carbocycles. The van der Waals surface area contributed by atoms with E-state index in [1.807, 2.05) is 0 Å². The predicted molar refractivity (Wildman–Crippen MR) is 63.1 cm³/mol. The topological polar surface area (TPSA) is 9.23 Å². The lowest BCUT2D eigenvalue weighted by atomic mass is 9.80. The van der Waals surface area contributed by atoms with Crippen LogP contribution in [0.15, 0.2) is 12.1 Å². The first kappa shape index (κ1) is 10.7. The summed E-state index contributed by atoms with van der Waals surface area (Å²) in [4.78, 5) is 0. The molecule has 2 rings (SSSR count). The smallest absolute Gasteiger partial charge is 0.0889 e. The average molecular weight is 204 g/mol. The Bertz CT molecular complexity index is 378. The molecule has 0 N–H and O–H groups in total. The monoisotopic (exact) mass is 204 g/mol. The molecule has 0 fully saturated rings. The summed E-state index contributed by atoms with van der Waals surface area (Å²) in [5.74, 6) is 0. The van der Waals surface area contributed by atoms with Gasteiger partial charge in [0.05, 0.1) is 11.2 Å².